The molecule has 1 aliphatic heterocycles. The zero-order chi connectivity index (χ0) is 19.3. The zero-order valence-electron chi connectivity index (χ0n) is 16.4. The average Bonchev–Trinajstić information content (AvgIpc) is 3.01. The van der Waals surface area contributed by atoms with Crippen LogP contribution in [0.5, 0.6) is 0 Å². The molecule has 2 fully saturated rings. The summed E-state index contributed by atoms with van der Waals surface area (Å²) < 4.78 is 2.05. The molecule has 2 N–H and O–H groups in total. The smallest absolute Gasteiger partial charge is 0.224 e. The SMILES string of the molecule is CC(C)(NC(=O)[C@H]1[C@@H]2CNC[C@@H]21)c1nn(Cc2ccccc2)c2ccccc12. The van der Waals surface area contributed by atoms with Gasteiger partial charge in [0.1, 0.15) is 0 Å². The van der Waals surface area contributed by atoms with E-state index in [1.807, 2.05) is 35.0 Å². The van der Waals surface area contributed by atoms with Crippen molar-refractivity contribution in [1.82, 2.24) is 20.4 Å². The summed E-state index contributed by atoms with van der Waals surface area (Å²) >= 11 is 0. The van der Waals surface area contributed by atoms with Crippen LogP contribution in [0.3, 0.4) is 0 Å². The maximum absolute atomic E-state index is 12.9. The molecular weight excluding hydrogens is 348 g/mol. The third kappa shape index (κ3) is 2.90. The van der Waals surface area contributed by atoms with Crippen LogP contribution in [0.4, 0.5) is 0 Å². The number of hydrogen-bond acceptors (Lipinski definition) is 3. The Morgan fingerprint density at radius 2 is 1.79 bits per heavy atom. The number of rotatable bonds is 5. The zero-order valence-corrected chi connectivity index (χ0v) is 16.4. The second-order valence-electron chi connectivity index (χ2n) is 8.63. The van der Waals surface area contributed by atoms with E-state index in [0.29, 0.717) is 18.4 Å². The van der Waals surface area contributed by atoms with Crippen LogP contribution in [-0.2, 0) is 16.9 Å². The molecule has 28 heavy (non-hydrogen) atoms. The monoisotopic (exact) mass is 374 g/mol. The van der Waals surface area contributed by atoms with Crippen LogP contribution in [0.2, 0.25) is 0 Å². The lowest BCUT2D eigenvalue weighted by atomic mass is 9.96. The maximum Gasteiger partial charge on any atom is 0.224 e. The summed E-state index contributed by atoms with van der Waals surface area (Å²) in [6.45, 7) is 6.77. The Morgan fingerprint density at radius 1 is 1.11 bits per heavy atom. The van der Waals surface area contributed by atoms with Gasteiger partial charge in [0.05, 0.1) is 23.3 Å². The van der Waals surface area contributed by atoms with Crippen LogP contribution < -0.4 is 10.6 Å². The number of para-hydroxylation sites is 1. The number of aromatic nitrogens is 2. The van der Waals surface area contributed by atoms with E-state index in [1.54, 1.807) is 0 Å². The van der Waals surface area contributed by atoms with Crippen LogP contribution in [-0.4, -0.2) is 28.8 Å². The lowest BCUT2D eigenvalue weighted by Gasteiger charge is -2.25. The molecule has 1 saturated heterocycles. The molecule has 5 nitrogen and oxygen atoms in total. The highest BCUT2D eigenvalue weighted by Crippen LogP contribution is 2.49. The third-order valence-corrected chi connectivity index (χ3v) is 6.26. The van der Waals surface area contributed by atoms with E-state index in [0.717, 1.165) is 29.7 Å². The molecule has 3 aromatic rings. The van der Waals surface area contributed by atoms with Crippen molar-refractivity contribution in [3.05, 3.63) is 65.9 Å². The molecule has 1 saturated carbocycles. The molecule has 1 aliphatic carbocycles. The Kier molecular flexibility index (Phi) is 4.02. The Morgan fingerprint density at radius 3 is 2.54 bits per heavy atom. The van der Waals surface area contributed by atoms with Gasteiger partial charge in [-0.05, 0) is 50.4 Å². The Bertz CT molecular complexity index is 1010. The van der Waals surface area contributed by atoms with E-state index < -0.39 is 5.54 Å². The van der Waals surface area contributed by atoms with E-state index in [4.69, 9.17) is 5.10 Å². The van der Waals surface area contributed by atoms with E-state index in [2.05, 4.69) is 48.7 Å². The standard InChI is InChI=1S/C23H26N4O/c1-23(2,25-22(28)20-17-12-24-13-18(17)20)21-16-10-6-7-11-19(16)27(26-21)14-15-8-4-3-5-9-15/h3-11,17-18,20,24H,12-14H2,1-2H3,(H,25,28)/t17-,18+,20+. The van der Waals surface area contributed by atoms with E-state index in [9.17, 15) is 4.79 Å². The first kappa shape index (κ1) is 17.4. The number of benzene rings is 2. The van der Waals surface area contributed by atoms with Gasteiger partial charge in [-0.1, -0.05) is 48.5 Å². The highest BCUT2D eigenvalue weighted by molar-refractivity contribution is 5.86. The summed E-state index contributed by atoms with van der Waals surface area (Å²) in [5.41, 5.74) is 2.71. The van der Waals surface area contributed by atoms with Gasteiger partial charge in [0.15, 0.2) is 0 Å². The second kappa shape index (κ2) is 6.45. The van der Waals surface area contributed by atoms with Crippen LogP contribution in [0, 0.1) is 17.8 Å². The number of carbonyl (C=O) groups excluding carboxylic acids is 1. The van der Waals surface area contributed by atoms with Gasteiger partial charge in [-0.15, -0.1) is 0 Å². The number of hydrogen-bond donors (Lipinski definition) is 2. The van der Waals surface area contributed by atoms with E-state index in [-0.39, 0.29) is 11.8 Å². The van der Waals surface area contributed by atoms with Crippen molar-refractivity contribution in [3.8, 4) is 0 Å². The van der Waals surface area contributed by atoms with Crippen LogP contribution >= 0.6 is 0 Å². The van der Waals surface area contributed by atoms with Gasteiger partial charge in [-0.25, -0.2) is 0 Å². The minimum atomic E-state index is -0.525. The summed E-state index contributed by atoms with van der Waals surface area (Å²) in [5.74, 6) is 1.37. The molecule has 3 atom stereocenters. The number of amides is 1. The first-order valence-corrected chi connectivity index (χ1v) is 10.1. The molecule has 1 amide bonds. The fraction of sp³-hybridized carbons (Fsp3) is 0.391. The average molecular weight is 374 g/mol. The number of nitrogens with one attached hydrogen (secondary N) is 2. The van der Waals surface area contributed by atoms with Gasteiger partial charge in [0.25, 0.3) is 0 Å². The van der Waals surface area contributed by atoms with E-state index in [1.165, 1.54) is 5.56 Å². The summed E-state index contributed by atoms with van der Waals surface area (Å²) in [7, 11) is 0. The number of nitrogens with zero attached hydrogens (tertiary/aromatic N) is 2. The molecule has 0 bridgehead atoms. The Hall–Kier alpha value is -2.66. The molecule has 0 unspecified atom stereocenters. The summed E-state index contributed by atoms with van der Waals surface area (Å²) in [6, 6.07) is 18.6. The first-order chi connectivity index (χ1) is 13.5. The minimum Gasteiger partial charge on any atom is -0.345 e. The maximum atomic E-state index is 12.9. The van der Waals surface area contributed by atoms with Gasteiger partial charge >= 0.3 is 0 Å². The van der Waals surface area contributed by atoms with Gasteiger partial charge in [-0.3, -0.25) is 9.48 Å². The lowest BCUT2D eigenvalue weighted by Crippen LogP contribution is -2.43. The second-order valence-corrected chi connectivity index (χ2v) is 8.63. The van der Waals surface area contributed by atoms with Crippen molar-refractivity contribution < 1.29 is 4.79 Å². The molecular formula is C23H26N4O. The molecule has 0 spiro atoms. The molecule has 2 aliphatic rings. The normalized spacial score (nSPS) is 23.6. The van der Waals surface area contributed by atoms with Gasteiger partial charge in [-0.2, -0.15) is 5.10 Å². The van der Waals surface area contributed by atoms with Gasteiger partial charge < -0.3 is 10.6 Å². The largest absolute Gasteiger partial charge is 0.345 e. The number of piperidine rings is 1. The topological polar surface area (TPSA) is 59.0 Å². The summed E-state index contributed by atoms with van der Waals surface area (Å²) in [6.07, 6.45) is 0. The lowest BCUT2D eigenvalue weighted by molar-refractivity contribution is -0.124. The number of carbonyl (C=O) groups is 1. The Labute approximate surface area is 165 Å². The van der Waals surface area contributed by atoms with Gasteiger partial charge in [0.2, 0.25) is 5.91 Å². The molecule has 2 heterocycles. The molecule has 1 aromatic heterocycles. The summed E-state index contributed by atoms with van der Waals surface area (Å²) in [4.78, 5) is 12.9. The summed E-state index contributed by atoms with van der Waals surface area (Å²) in [5, 5.41) is 12.7. The van der Waals surface area contributed by atoms with Crippen LogP contribution in [0.15, 0.2) is 54.6 Å². The van der Waals surface area contributed by atoms with Gasteiger partial charge in [0, 0.05) is 11.3 Å². The van der Waals surface area contributed by atoms with Crippen molar-refractivity contribution in [2.75, 3.05) is 13.1 Å². The molecule has 144 valence electrons. The van der Waals surface area contributed by atoms with Crippen molar-refractivity contribution in [1.29, 1.82) is 0 Å². The molecule has 0 radical (unpaired) electrons. The van der Waals surface area contributed by atoms with Crippen LogP contribution in [0.25, 0.3) is 10.9 Å². The Balaban J connectivity index is 1.45. The minimum absolute atomic E-state index is 0.165. The highest BCUT2D eigenvalue weighted by atomic mass is 16.2. The molecule has 2 aromatic carbocycles. The highest BCUT2D eigenvalue weighted by Gasteiger charge is 2.57. The quantitative estimate of drug-likeness (QED) is 0.722. The van der Waals surface area contributed by atoms with Crippen molar-refractivity contribution in [3.63, 3.8) is 0 Å². The fourth-order valence-electron chi connectivity index (χ4n) is 4.72. The van der Waals surface area contributed by atoms with Crippen molar-refractivity contribution in [2.24, 2.45) is 17.8 Å². The third-order valence-electron chi connectivity index (χ3n) is 6.26. The fourth-order valence-corrected chi connectivity index (χ4v) is 4.72. The van der Waals surface area contributed by atoms with Crippen molar-refractivity contribution in [2.45, 2.75) is 25.9 Å². The van der Waals surface area contributed by atoms with E-state index >= 15 is 0 Å². The first-order valence-electron chi connectivity index (χ1n) is 10.1. The predicted octanol–water partition coefficient (Wildman–Crippen LogP) is 2.90. The molecule has 5 rings (SSSR count). The number of fused-ring (bicyclic) bond motifs is 2. The van der Waals surface area contributed by atoms with Crippen LogP contribution in [0.1, 0.15) is 25.1 Å². The predicted molar refractivity (Wildman–Crippen MR) is 110 cm³/mol. The van der Waals surface area contributed by atoms with Crippen molar-refractivity contribution >= 4 is 16.8 Å². The molecule has 5 heteroatoms.